The van der Waals surface area contributed by atoms with Crippen LogP contribution in [-0.2, 0) is 17.6 Å². The van der Waals surface area contributed by atoms with E-state index in [4.69, 9.17) is 0 Å². The molecular weight excluding hydrogens is 382 g/mol. The van der Waals surface area contributed by atoms with E-state index in [0.29, 0.717) is 19.6 Å². The van der Waals surface area contributed by atoms with E-state index >= 15 is 0 Å². The van der Waals surface area contributed by atoms with Crippen LogP contribution in [-0.4, -0.2) is 54.3 Å². The summed E-state index contributed by atoms with van der Waals surface area (Å²) in [5.41, 5.74) is 4.10. The van der Waals surface area contributed by atoms with Crippen molar-refractivity contribution in [3.8, 4) is 0 Å². The first kappa shape index (κ1) is 20.1. The standard InChI is InChI=1S/C23H29N3O2S/c1-17(19-9-8-18-5-2-3-6-20(18)15-19)24-22(27)16-25-10-12-26(13-11-25)23(28)21-7-4-14-29-21/h4,7-9,14-15,17H,2-3,5-6,10-13,16H2,1H3,(H,24,27). The van der Waals surface area contributed by atoms with E-state index < -0.39 is 0 Å². The molecule has 0 bridgehead atoms. The van der Waals surface area contributed by atoms with Crippen LogP contribution in [0.25, 0.3) is 0 Å². The second kappa shape index (κ2) is 9.09. The molecule has 29 heavy (non-hydrogen) atoms. The first-order chi connectivity index (χ1) is 14.1. The summed E-state index contributed by atoms with van der Waals surface area (Å²) < 4.78 is 0. The third-order valence-corrected chi connectivity index (χ3v) is 6.87. The van der Waals surface area contributed by atoms with Crippen molar-refractivity contribution in [3.05, 3.63) is 57.3 Å². The van der Waals surface area contributed by atoms with E-state index in [1.165, 1.54) is 47.3 Å². The highest BCUT2D eigenvalue weighted by atomic mass is 32.1. The van der Waals surface area contributed by atoms with Crippen molar-refractivity contribution < 1.29 is 9.59 Å². The van der Waals surface area contributed by atoms with Crippen molar-refractivity contribution in [2.75, 3.05) is 32.7 Å². The third-order valence-electron chi connectivity index (χ3n) is 6.01. The van der Waals surface area contributed by atoms with Gasteiger partial charge >= 0.3 is 0 Å². The van der Waals surface area contributed by atoms with Gasteiger partial charge in [-0.05, 0) is 60.7 Å². The lowest BCUT2D eigenvalue weighted by Crippen LogP contribution is -2.51. The van der Waals surface area contributed by atoms with Gasteiger partial charge in [0.25, 0.3) is 5.91 Å². The van der Waals surface area contributed by atoms with Crippen molar-refractivity contribution in [3.63, 3.8) is 0 Å². The summed E-state index contributed by atoms with van der Waals surface area (Å²) in [5, 5.41) is 5.08. The molecule has 2 aromatic rings. The second-order valence-corrected chi connectivity index (χ2v) is 9.02. The van der Waals surface area contributed by atoms with Crippen LogP contribution in [0.4, 0.5) is 0 Å². The Hall–Kier alpha value is -2.18. The van der Waals surface area contributed by atoms with Gasteiger partial charge in [-0.3, -0.25) is 14.5 Å². The minimum absolute atomic E-state index is 0.0106. The third kappa shape index (κ3) is 4.87. The topological polar surface area (TPSA) is 52.7 Å². The molecule has 154 valence electrons. The van der Waals surface area contributed by atoms with Crippen LogP contribution < -0.4 is 5.32 Å². The summed E-state index contributed by atoms with van der Waals surface area (Å²) in [6, 6.07) is 10.4. The number of nitrogens with zero attached hydrogens (tertiary/aromatic N) is 2. The number of carbonyl (C=O) groups excluding carboxylic acids is 2. The number of hydrogen-bond donors (Lipinski definition) is 1. The van der Waals surface area contributed by atoms with Crippen LogP contribution in [0.15, 0.2) is 35.7 Å². The number of rotatable bonds is 5. The predicted octanol–water partition coefficient (Wildman–Crippen LogP) is 3.26. The number of carbonyl (C=O) groups is 2. The summed E-state index contributed by atoms with van der Waals surface area (Å²) in [6.45, 7) is 5.25. The Morgan fingerprint density at radius 1 is 1.07 bits per heavy atom. The fourth-order valence-corrected chi connectivity index (χ4v) is 4.95. The van der Waals surface area contributed by atoms with Gasteiger partial charge < -0.3 is 10.2 Å². The van der Waals surface area contributed by atoms with Gasteiger partial charge in [-0.2, -0.15) is 0 Å². The quantitative estimate of drug-likeness (QED) is 0.822. The van der Waals surface area contributed by atoms with Crippen LogP contribution >= 0.6 is 11.3 Å². The van der Waals surface area contributed by atoms with Gasteiger partial charge in [-0.15, -0.1) is 11.3 Å². The molecule has 1 aliphatic heterocycles. The Labute approximate surface area is 176 Å². The molecule has 0 saturated carbocycles. The summed E-state index contributed by atoms with van der Waals surface area (Å²) in [4.78, 5) is 29.8. The molecule has 1 atom stereocenters. The lowest BCUT2D eigenvalue weighted by atomic mass is 9.89. The fourth-order valence-electron chi connectivity index (χ4n) is 4.26. The lowest BCUT2D eigenvalue weighted by molar-refractivity contribution is -0.123. The number of amides is 2. The van der Waals surface area contributed by atoms with E-state index in [-0.39, 0.29) is 17.9 Å². The van der Waals surface area contributed by atoms with Crippen LogP contribution in [0.5, 0.6) is 0 Å². The Morgan fingerprint density at radius 2 is 1.83 bits per heavy atom. The average Bonchev–Trinajstić information content (AvgIpc) is 3.28. The Morgan fingerprint density at radius 3 is 2.55 bits per heavy atom. The lowest BCUT2D eigenvalue weighted by Gasteiger charge is -2.34. The Kier molecular flexibility index (Phi) is 6.31. The van der Waals surface area contributed by atoms with Crippen LogP contribution in [0.1, 0.15) is 52.2 Å². The summed E-state index contributed by atoms with van der Waals surface area (Å²) in [6.07, 6.45) is 4.87. The molecule has 1 unspecified atom stereocenters. The zero-order chi connectivity index (χ0) is 20.2. The van der Waals surface area contributed by atoms with Gasteiger partial charge in [0, 0.05) is 26.2 Å². The number of aryl methyl sites for hydroxylation is 2. The van der Waals surface area contributed by atoms with Gasteiger partial charge in [0.2, 0.25) is 5.91 Å². The number of thiophene rings is 1. The zero-order valence-electron chi connectivity index (χ0n) is 17.0. The average molecular weight is 412 g/mol. The first-order valence-electron chi connectivity index (χ1n) is 10.6. The molecule has 1 N–H and O–H groups in total. The van der Waals surface area contributed by atoms with Crippen molar-refractivity contribution in [2.24, 2.45) is 0 Å². The van der Waals surface area contributed by atoms with Gasteiger partial charge in [0.1, 0.15) is 0 Å². The minimum Gasteiger partial charge on any atom is -0.348 e. The maximum Gasteiger partial charge on any atom is 0.264 e. The molecule has 2 aliphatic rings. The molecule has 0 spiro atoms. The molecule has 2 heterocycles. The van der Waals surface area contributed by atoms with Crippen molar-refractivity contribution in [1.82, 2.24) is 15.1 Å². The number of nitrogens with one attached hydrogen (secondary N) is 1. The van der Waals surface area contributed by atoms with E-state index in [9.17, 15) is 9.59 Å². The van der Waals surface area contributed by atoms with Crippen molar-refractivity contribution in [2.45, 2.75) is 38.6 Å². The number of fused-ring (bicyclic) bond motifs is 1. The normalized spacial score (nSPS) is 18.2. The molecule has 1 aromatic heterocycles. The predicted molar refractivity (Wildman–Crippen MR) is 116 cm³/mol. The summed E-state index contributed by atoms with van der Waals surface area (Å²) in [5.74, 6) is 0.151. The van der Waals surface area contributed by atoms with Crippen molar-refractivity contribution in [1.29, 1.82) is 0 Å². The van der Waals surface area contributed by atoms with Crippen LogP contribution in [0.2, 0.25) is 0 Å². The number of piperazine rings is 1. The molecule has 6 heteroatoms. The zero-order valence-corrected chi connectivity index (χ0v) is 17.8. The van der Waals surface area contributed by atoms with Crippen LogP contribution in [0, 0.1) is 0 Å². The van der Waals surface area contributed by atoms with Crippen molar-refractivity contribution >= 4 is 23.2 Å². The maximum absolute atomic E-state index is 12.6. The molecule has 5 nitrogen and oxygen atoms in total. The van der Waals surface area contributed by atoms with E-state index in [2.05, 4.69) is 35.3 Å². The Balaban J connectivity index is 1.25. The largest absolute Gasteiger partial charge is 0.348 e. The molecule has 4 rings (SSSR count). The highest BCUT2D eigenvalue weighted by molar-refractivity contribution is 7.12. The van der Waals surface area contributed by atoms with Gasteiger partial charge in [-0.1, -0.05) is 24.3 Å². The monoisotopic (exact) mass is 411 g/mol. The molecule has 0 radical (unpaired) electrons. The van der Waals surface area contributed by atoms with E-state index in [1.54, 1.807) is 0 Å². The minimum atomic E-state index is 0.0106. The van der Waals surface area contributed by atoms with E-state index in [0.717, 1.165) is 24.4 Å². The fraction of sp³-hybridized carbons (Fsp3) is 0.478. The number of hydrogen-bond acceptors (Lipinski definition) is 4. The Bertz CT molecular complexity index is 857. The molecule has 1 fully saturated rings. The maximum atomic E-state index is 12.6. The highest BCUT2D eigenvalue weighted by Gasteiger charge is 2.24. The SMILES string of the molecule is CC(NC(=O)CN1CCN(C(=O)c2cccs2)CC1)c1ccc2c(c1)CCCC2. The smallest absolute Gasteiger partial charge is 0.264 e. The second-order valence-electron chi connectivity index (χ2n) is 8.07. The number of benzene rings is 1. The molecule has 1 saturated heterocycles. The first-order valence-corrected chi connectivity index (χ1v) is 11.4. The molecule has 2 amide bonds. The molecule has 1 aromatic carbocycles. The summed E-state index contributed by atoms with van der Waals surface area (Å²) in [7, 11) is 0. The van der Waals surface area contributed by atoms with Crippen LogP contribution in [0.3, 0.4) is 0 Å². The van der Waals surface area contributed by atoms with Gasteiger partial charge in [0.05, 0.1) is 17.5 Å². The van der Waals surface area contributed by atoms with Gasteiger partial charge in [0.15, 0.2) is 0 Å². The molecular formula is C23H29N3O2S. The van der Waals surface area contributed by atoms with Gasteiger partial charge in [-0.25, -0.2) is 0 Å². The van der Waals surface area contributed by atoms with E-state index in [1.807, 2.05) is 22.4 Å². The summed E-state index contributed by atoms with van der Waals surface area (Å²) >= 11 is 1.48. The molecule has 1 aliphatic carbocycles. The highest BCUT2D eigenvalue weighted by Crippen LogP contribution is 2.24.